The van der Waals surface area contributed by atoms with Gasteiger partial charge in [0.15, 0.2) is 0 Å². The van der Waals surface area contributed by atoms with Crippen LogP contribution in [0.3, 0.4) is 0 Å². The molecule has 0 aliphatic heterocycles. The van der Waals surface area contributed by atoms with E-state index in [9.17, 15) is 9.90 Å². The number of ether oxygens (including phenoxy) is 2. The van der Waals surface area contributed by atoms with Gasteiger partial charge in [0.2, 0.25) is 0 Å². The maximum Gasteiger partial charge on any atom is 0.338 e. The maximum absolute atomic E-state index is 12.2. The minimum atomic E-state index is -0.406. The smallest absolute Gasteiger partial charge is 0.338 e. The lowest BCUT2D eigenvalue weighted by Gasteiger charge is -2.09. The van der Waals surface area contributed by atoms with Crippen LogP contribution >= 0.6 is 0 Å². The van der Waals surface area contributed by atoms with Crippen LogP contribution in [-0.2, 0) is 11.3 Å². The van der Waals surface area contributed by atoms with Gasteiger partial charge >= 0.3 is 5.97 Å². The Balaban J connectivity index is 1.68. The van der Waals surface area contributed by atoms with Crippen molar-refractivity contribution in [2.75, 3.05) is 0 Å². The van der Waals surface area contributed by atoms with Crippen LogP contribution in [0.15, 0.2) is 72.8 Å². The van der Waals surface area contributed by atoms with Crippen molar-refractivity contribution in [2.24, 2.45) is 0 Å². The summed E-state index contributed by atoms with van der Waals surface area (Å²) in [5.74, 6) is 0.922. The molecule has 0 aromatic heterocycles. The summed E-state index contributed by atoms with van der Waals surface area (Å²) in [7, 11) is 0. The number of aryl methyl sites for hydroxylation is 1. The van der Waals surface area contributed by atoms with Gasteiger partial charge in [0.05, 0.1) is 5.56 Å². The quantitative estimate of drug-likeness (QED) is 0.678. The third-order valence-corrected chi connectivity index (χ3v) is 3.69. The van der Waals surface area contributed by atoms with E-state index in [0.29, 0.717) is 17.1 Å². The van der Waals surface area contributed by atoms with Gasteiger partial charge in [0, 0.05) is 0 Å². The highest BCUT2D eigenvalue weighted by Crippen LogP contribution is 2.27. The van der Waals surface area contributed by atoms with Crippen LogP contribution in [0.2, 0.25) is 0 Å². The molecule has 0 spiro atoms. The SMILES string of the molecule is Cc1cc(Oc2cccc(C(=O)OCc3ccccc3)c2)ccc1O. The number of carbonyl (C=O) groups excluding carboxylic acids is 1. The molecule has 0 atom stereocenters. The molecule has 0 aliphatic rings. The Morgan fingerprint density at radius 2 is 1.68 bits per heavy atom. The first kappa shape index (κ1) is 16.6. The van der Waals surface area contributed by atoms with E-state index in [-0.39, 0.29) is 12.4 Å². The fourth-order valence-electron chi connectivity index (χ4n) is 2.32. The van der Waals surface area contributed by atoms with Gasteiger partial charge in [-0.2, -0.15) is 0 Å². The summed E-state index contributed by atoms with van der Waals surface area (Å²) in [6.07, 6.45) is 0. The highest BCUT2D eigenvalue weighted by molar-refractivity contribution is 5.89. The van der Waals surface area contributed by atoms with E-state index in [1.54, 1.807) is 49.4 Å². The summed E-state index contributed by atoms with van der Waals surface area (Å²) < 4.78 is 11.1. The summed E-state index contributed by atoms with van der Waals surface area (Å²) in [6.45, 7) is 2.02. The predicted molar refractivity (Wildman–Crippen MR) is 94.9 cm³/mol. The molecule has 3 aromatic rings. The lowest BCUT2D eigenvalue weighted by Crippen LogP contribution is -2.05. The van der Waals surface area contributed by atoms with Crippen LogP contribution in [0, 0.1) is 6.92 Å². The van der Waals surface area contributed by atoms with Crippen molar-refractivity contribution in [1.82, 2.24) is 0 Å². The largest absolute Gasteiger partial charge is 0.508 e. The maximum atomic E-state index is 12.2. The van der Waals surface area contributed by atoms with E-state index < -0.39 is 5.97 Å². The van der Waals surface area contributed by atoms with Gasteiger partial charge in [0.1, 0.15) is 23.9 Å². The van der Waals surface area contributed by atoms with Gasteiger partial charge in [-0.1, -0.05) is 36.4 Å². The Morgan fingerprint density at radius 3 is 2.44 bits per heavy atom. The highest BCUT2D eigenvalue weighted by Gasteiger charge is 2.09. The summed E-state index contributed by atoms with van der Waals surface area (Å²) >= 11 is 0. The van der Waals surface area contributed by atoms with Crippen LogP contribution in [0.25, 0.3) is 0 Å². The number of hydrogen-bond donors (Lipinski definition) is 1. The minimum absolute atomic E-state index is 0.214. The molecule has 4 nitrogen and oxygen atoms in total. The third kappa shape index (κ3) is 4.38. The second-order valence-corrected chi connectivity index (χ2v) is 5.64. The Kier molecular flexibility index (Phi) is 5.00. The summed E-state index contributed by atoms with van der Waals surface area (Å²) in [5.41, 5.74) is 2.07. The Labute approximate surface area is 146 Å². The lowest BCUT2D eigenvalue weighted by atomic mass is 10.2. The first-order chi connectivity index (χ1) is 12.1. The zero-order chi connectivity index (χ0) is 17.6. The van der Waals surface area contributed by atoms with Gasteiger partial charge in [-0.25, -0.2) is 4.79 Å². The predicted octanol–water partition coefficient (Wildman–Crippen LogP) is 4.85. The Bertz CT molecular complexity index is 872. The zero-order valence-electron chi connectivity index (χ0n) is 13.8. The van der Waals surface area contributed by atoms with Crippen molar-refractivity contribution in [3.05, 3.63) is 89.5 Å². The van der Waals surface area contributed by atoms with Crippen LogP contribution in [-0.4, -0.2) is 11.1 Å². The zero-order valence-corrected chi connectivity index (χ0v) is 13.8. The van der Waals surface area contributed by atoms with Gasteiger partial charge in [-0.05, 0) is 54.4 Å². The van der Waals surface area contributed by atoms with E-state index in [2.05, 4.69) is 0 Å². The molecule has 3 aromatic carbocycles. The Morgan fingerprint density at radius 1 is 0.920 bits per heavy atom. The van der Waals surface area contributed by atoms with Crippen LogP contribution in [0.1, 0.15) is 21.5 Å². The molecule has 0 heterocycles. The summed E-state index contributed by atoms with van der Waals surface area (Å²) in [6, 6.07) is 21.3. The van der Waals surface area contributed by atoms with E-state index in [1.165, 1.54) is 0 Å². The molecule has 0 saturated carbocycles. The molecule has 0 radical (unpaired) electrons. The Hall–Kier alpha value is -3.27. The molecule has 4 heteroatoms. The molecule has 1 N–H and O–H groups in total. The standard InChI is InChI=1S/C21H18O4/c1-15-12-19(10-11-20(15)22)25-18-9-5-8-17(13-18)21(23)24-14-16-6-3-2-4-7-16/h2-13,22H,14H2,1H3. The van der Waals surface area contributed by atoms with Crippen LogP contribution in [0.4, 0.5) is 0 Å². The molecule has 0 fully saturated rings. The molecule has 0 saturated heterocycles. The van der Waals surface area contributed by atoms with Gasteiger partial charge < -0.3 is 14.6 Å². The molecule has 126 valence electrons. The van der Waals surface area contributed by atoms with E-state index in [1.807, 2.05) is 30.3 Å². The summed E-state index contributed by atoms with van der Waals surface area (Å²) in [5, 5.41) is 9.56. The monoisotopic (exact) mass is 334 g/mol. The molecule has 0 bridgehead atoms. The molecular weight excluding hydrogens is 316 g/mol. The number of rotatable bonds is 5. The topological polar surface area (TPSA) is 55.8 Å². The van der Waals surface area contributed by atoms with Gasteiger partial charge in [-0.3, -0.25) is 0 Å². The number of hydrogen-bond acceptors (Lipinski definition) is 4. The fraction of sp³-hybridized carbons (Fsp3) is 0.0952. The van der Waals surface area contributed by atoms with Crippen molar-refractivity contribution in [3.63, 3.8) is 0 Å². The van der Waals surface area contributed by atoms with Gasteiger partial charge in [0.25, 0.3) is 0 Å². The van der Waals surface area contributed by atoms with E-state index in [0.717, 1.165) is 11.1 Å². The first-order valence-electron chi connectivity index (χ1n) is 7.90. The number of benzene rings is 3. The lowest BCUT2D eigenvalue weighted by molar-refractivity contribution is 0.0472. The average molecular weight is 334 g/mol. The van der Waals surface area contributed by atoms with E-state index in [4.69, 9.17) is 9.47 Å². The second kappa shape index (κ2) is 7.53. The minimum Gasteiger partial charge on any atom is -0.508 e. The highest BCUT2D eigenvalue weighted by atomic mass is 16.5. The molecular formula is C21H18O4. The van der Waals surface area contributed by atoms with Crippen molar-refractivity contribution < 1.29 is 19.4 Å². The third-order valence-electron chi connectivity index (χ3n) is 3.69. The average Bonchev–Trinajstić information content (AvgIpc) is 2.64. The second-order valence-electron chi connectivity index (χ2n) is 5.64. The van der Waals surface area contributed by atoms with E-state index >= 15 is 0 Å². The van der Waals surface area contributed by atoms with Crippen LogP contribution in [0.5, 0.6) is 17.2 Å². The first-order valence-corrected chi connectivity index (χ1v) is 7.90. The van der Waals surface area contributed by atoms with Crippen molar-refractivity contribution in [3.8, 4) is 17.2 Å². The fourth-order valence-corrected chi connectivity index (χ4v) is 2.32. The number of esters is 1. The molecule has 0 aliphatic carbocycles. The molecule has 0 unspecified atom stereocenters. The number of carbonyl (C=O) groups is 1. The van der Waals surface area contributed by atoms with Crippen molar-refractivity contribution in [1.29, 1.82) is 0 Å². The molecule has 25 heavy (non-hydrogen) atoms. The number of phenols is 1. The number of aromatic hydroxyl groups is 1. The number of phenolic OH excluding ortho intramolecular Hbond substituents is 1. The van der Waals surface area contributed by atoms with Crippen molar-refractivity contribution >= 4 is 5.97 Å². The van der Waals surface area contributed by atoms with Crippen molar-refractivity contribution in [2.45, 2.75) is 13.5 Å². The molecule has 0 amide bonds. The summed E-state index contributed by atoms with van der Waals surface area (Å²) in [4.78, 5) is 12.2. The van der Waals surface area contributed by atoms with Crippen LogP contribution < -0.4 is 4.74 Å². The molecule has 3 rings (SSSR count). The normalized spacial score (nSPS) is 10.3. The van der Waals surface area contributed by atoms with Gasteiger partial charge in [-0.15, -0.1) is 0 Å².